The van der Waals surface area contributed by atoms with E-state index in [4.69, 9.17) is 0 Å². The van der Waals surface area contributed by atoms with Crippen LogP contribution in [0.5, 0.6) is 0 Å². The molecule has 0 radical (unpaired) electrons. The number of hydrogen-bond donors (Lipinski definition) is 4. The average Bonchev–Trinajstić information content (AvgIpc) is 2.80. The number of hydrogen-bond acceptors (Lipinski definition) is 8. The van der Waals surface area contributed by atoms with Gasteiger partial charge < -0.3 is 16.1 Å². The Labute approximate surface area is 162 Å². The Balaban J connectivity index is 1.73. The number of thioether (sulfide) groups is 1. The minimum atomic E-state index is 0.0988. The van der Waals surface area contributed by atoms with Crippen LogP contribution in [0.4, 0.5) is 0 Å². The van der Waals surface area contributed by atoms with Crippen molar-refractivity contribution in [2.75, 3.05) is 40.3 Å². The van der Waals surface area contributed by atoms with E-state index in [2.05, 4.69) is 51.5 Å². The first kappa shape index (κ1) is 21.2. The first-order valence-corrected chi connectivity index (χ1v) is 10.5. The topological polar surface area (TPSA) is 76.1 Å². The quantitative estimate of drug-likeness (QED) is 0.405. The maximum Gasteiger partial charge on any atom is 0.149 e. The highest BCUT2D eigenvalue weighted by molar-refractivity contribution is 8.14. The summed E-state index contributed by atoms with van der Waals surface area (Å²) in [6.45, 7) is 8.15. The van der Waals surface area contributed by atoms with Crippen LogP contribution >= 0.6 is 11.8 Å². The van der Waals surface area contributed by atoms with Gasteiger partial charge in [0.25, 0.3) is 0 Å². The lowest BCUT2D eigenvalue weighted by atomic mass is 9.90. The molecule has 0 aliphatic carbocycles. The molecule has 0 aromatic carbocycles. The molecule has 0 amide bonds. The minimum Gasteiger partial charge on any atom is -0.316 e. The zero-order chi connectivity index (χ0) is 18.8. The third-order valence-corrected chi connectivity index (χ3v) is 5.79. The van der Waals surface area contributed by atoms with E-state index < -0.39 is 0 Å². The van der Waals surface area contributed by atoms with Gasteiger partial charge in [-0.1, -0.05) is 38.1 Å². The van der Waals surface area contributed by atoms with Crippen molar-refractivity contribution in [2.45, 2.75) is 44.6 Å². The molecule has 0 saturated carbocycles. The van der Waals surface area contributed by atoms with Crippen molar-refractivity contribution in [1.82, 2.24) is 26.4 Å². The second-order valence-corrected chi connectivity index (χ2v) is 8.47. The molecule has 2 heterocycles. The van der Waals surface area contributed by atoms with Gasteiger partial charge in [-0.15, -0.1) is 0 Å². The highest BCUT2D eigenvalue weighted by Gasteiger charge is 2.26. The van der Waals surface area contributed by atoms with Gasteiger partial charge in [-0.05, 0) is 32.5 Å². The van der Waals surface area contributed by atoms with Gasteiger partial charge in [0.05, 0.1) is 0 Å². The molecule has 0 aromatic heterocycles. The van der Waals surface area contributed by atoms with Crippen molar-refractivity contribution in [2.24, 2.45) is 15.6 Å². The van der Waals surface area contributed by atoms with Crippen LogP contribution in [0.2, 0.25) is 0 Å². The number of allylic oxidation sites excluding steroid dienone is 1. The minimum absolute atomic E-state index is 0.0988. The SMILES string of the molecule is CCCC(CCNCC1(C)C=CC=NNC1)NC1SC(CNC)=NN1C. The maximum atomic E-state index is 4.59. The molecular weight excluding hydrogens is 346 g/mol. The predicted octanol–water partition coefficient (Wildman–Crippen LogP) is 1.37. The van der Waals surface area contributed by atoms with Gasteiger partial charge in [0.1, 0.15) is 10.5 Å². The lowest BCUT2D eigenvalue weighted by Gasteiger charge is -2.28. The summed E-state index contributed by atoms with van der Waals surface area (Å²) in [5.74, 6) is 0. The van der Waals surface area contributed by atoms with E-state index in [9.17, 15) is 0 Å². The van der Waals surface area contributed by atoms with Crippen molar-refractivity contribution >= 4 is 23.0 Å². The lowest BCUT2D eigenvalue weighted by molar-refractivity contribution is 0.264. The van der Waals surface area contributed by atoms with E-state index in [1.54, 1.807) is 0 Å². The molecule has 0 spiro atoms. The van der Waals surface area contributed by atoms with Gasteiger partial charge in [0, 0.05) is 44.4 Å². The van der Waals surface area contributed by atoms with Crippen LogP contribution in [0, 0.1) is 5.41 Å². The molecule has 3 unspecified atom stereocenters. The highest BCUT2D eigenvalue weighted by atomic mass is 32.2. The van der Waals surface area contributed by atoms with Crippen molar-refractivity contribution in [1.29, 1.82) is 0 Å². The molecule has 8 heteroatoms. The van der Waals surface area contributed by atoms with Crippen molar-refractivity contribution in [3.05, 3.63) is 12.2 Å². The summed E-state index contributed by atoms with van der Waals surface area (Å²) in [5.41, 5.74) is 3.44. The normalized spacial score (nSPS) is 26.5. The largest absolute Gasteiger partial charge is 0.316 e. The molecule has 7 nitrogen and oxygen atoms in total. The van der Waals surface area contributed by atoms with E-state index in [0.717, 1.165) is 37.6 Å². The summed E-state index contributed by atoms with van der Waals surface area (Å²) in [6.07, 6.45) is 9.55. The number of hydrazone groups is 2. The summed E-state index contributed by atoms with van der Waals surface area (Å²) >= 11 is 1.81. The van der Waals surface area contributed by atoms with Gasteiger partial charge in [-0.25, -0.2) is 0 Å². The molecule has 0 fully saturated rings. The summed E-state index contributed by atoms with van der Waals surface area (Å²) in [7, 11) is 4.00. The van der Waals surface area contributed by atoms with E-state index in [1.807, 2.05) is 43.2 Å². The van der Waals surface area contributed by atoms with Gasteiger partial charge in [-0.2, -0.15) is 10.2 Å². The van der Waals surface area contributed by atoms with Crippen molar-refractivity contribution in [3.8, 4) is 0 Å². The Bertz CT molecular complexity index is 508. The van der Waals surface area contributed by atoms with Crippen LogP contribution in [0.1, 0.15) is 33.1 Å². The Morgan fingerprint density at radius 3 is 3.08 bits per heavy atom. The molecule has 0 bridgehead atoms. The average molecular weight is 382 g/mol. The second-order valence-electron chi connectivity index (χ2n) is 7.31. The Hall–Kier alpha value is -1.09. The molecule has 2 rings (SSSR count). The smallest absolute Gasteiger partial charge is 0.149 e. The zero-order valence-electron chi connectivity index (χ0n) is 16.6. The third kappa shape index (κ3) is 6.90. The van der Waals surface area contributed by atoms with E-state index in [1.165, 1.54) is 12.8 Å². The second kappa shape index (κ2) is 10.9. The molecule has 0 aromatic rings. The van der Waals surface area contributed by atoms with Gasteiger partial charge in [-0.3, -0.25) is 10.3 Å². The van der Waals surface area contributed by atoms with Crippen LogP contribution in [0.25, 0.3) is 0 Å². The first-order chi connectivity index (χ1) is 12.6. The summed E-state index contributed by atoms with van der Waals surface area (Å²) in [6, 6.07) is 0.496. The zero-order valence-corrected chi connectivity index (χ0v) is 17.4. The van der Waals surface area contributed by atoms with Gasteiger partial charge in [0.2, 0.25) is 0 Å². The molecule has 3 atom stereocenters. The summed E-state index contributed by atoms with van der Waals surface area (Å²) in [5, 5.41) is 22.5. The lowest BCUT2D eigenvalue weighted by Crippen LogP contribution is -2.44. The third-order valence-electron chi connectivity index (χ3n) is 4.63. The van der Waals surface area contributed by atoms with Crippen LogP contribution in [0.3, 0.4) is 0 Å². The van der Waals surface area contributed by atoms with Crippen LogP contribution in [0.15, 0.2) is 22.4 Å². The molecule has 2 aliphatic rings. The standard InChI is InChI=1S/C18H35N7S/c1-5-7-15(23-17-25(4)24-16(26-17)12-19-3)8-11-20-13-18(2)9-6-10-21-22-14-18/h6,9-10,15,17,19-20,22-23H,5,7-8,11-14H2,1-4H3. The fraction of sp³-hybridized carbons (Fsp3) is 0.778. The maximum absolute atomic E-state index is 4.59. The Kier molecular flexibility index (Phi) is 8.90. The summed E-state index contributed by atoms with van der Waals surface area (Å²) < 4.78 is 0. The number of rotatable bonds is 11. The number of nitrogens with one attached hydrogen (secondary N) is 4. The number of nitrogens with zero attached hydrogens (tertiary/aromatic N) is 3. The van der Waals surface area contributed by atoms with Crippen LogP contribution in [-0.2, 0) is 0 Å². The van der Waals surface area contributed by atoms with Crippen LogP contribution in [-0.4, -0.2) is 68.1 Å². The molecule has 0 saturated heterocycles. The van der Waals surface area contributed by atoms with E-state index in [0.29, 0.717) is 6.04 Å². The molecule has 26 heavy (non-hydrogen) atoms. The van der Waals surface area contributed by atoms with E-state index in [-0.39, 0.29) is 10.9 Å². The molecule has 148 valence electrons. The molecule has 4 N–H and O–H groups in total. The van der Waals surface area contributed by atoms with E-state index >= 15 is 0 Å². The Morgan fingerprint density at radius 2 is 2.31 bits per heavy atom. The predicted molar refractivity (Wildman–Crippen MR) is 114 cm³/mol. The van der Waals surface area contributed by atoms with Crippen LogP contribution < -0.4 is 21.4 Å². The molecular formula is C18H35N7S. The Morgan fingerprint density at radius 1 is 1.46 bits per heavy atom. The summed E-state index contributed by atoms with van der Waals surface area (Å²) in [4.78, 5) is 0. The first-order valence-electron chi connectivity index (χ1n) is 9.58. The monoisotopic (exact) mass is 381 g/mol. The fourth-order valence-electron chi connectivity index (χ4n) is 3.12. The van der Waals surface area contributed by atoms with Gasteiger partial charge in [0.15, 0.2) is 0 Å². The fourth-order valence-corrected chi connectivity index (χ4v) is 4.24. The highest BCUT2D eigenvalue weighted by Crippen LogP contribution is 2.23. The molecule has 2 aliphatic heterocycles. The van der Waals surface area contributed by atoms with Crippen molar-refractivity contribution < 1.29 is 0 Å². The van der Waals surface area contributed by atoms with Crippen molar-refractivity contribution in [3.63, 3.8) is 0 Å². The van der Waals surface area contributed by atoms with Gasteiger partial charge >= 0.3 is 0 Å².